The molecule has 0 fully saturated rings. The zero-order valence-corrected chi connectivity index (χ0v) is 9.91. The highest BCUT2D eigenvalue weighted by atomic mass is 32.2. The lowest BCUT2D eigenvalue weighted by Crippen LogP contribution is -2.07. The number of nitrogens with zero attached hydrogens (tertiary/aromatic N) is 2. The molecule has 3 aromatic rings. The minimum Gasteiger partial charge on any atom is -0.319 e. The van der Waals surface area contributed by atoms with Crippen molar-refractivity contribution in [2.24, 2.45) is 0 Å². The van der Waals surface area contributed by atoms with Crippen LogP contribution in [-0.4, -0.2) is 21.2 Å². The van der Waals surface area contributed by atoms with Crippen LogP contribution in [0.2, 0.25) is 0 Å². The molecule has 0 bridgehead atoms. The Morgan fingerprint density at radius 2 is 2.00 bits per heavy atom. The van der Waals surface area contributed by atoms with Gasteiger partial charge in [0.15, 0.2) is 5.16 Å². The van der Waals surface area contributed by atoms with Crippen LogP contribution >= 0.6 is 11.8 Å². The zero-order chi connectivity index (χ0) is 11.8. The van der Waals surface area contributed by atoms with Gasteiger partial charge in [-0.1, -0.05) is 30.0 Å². The molecule has 0 aliphatic heterocycles. The van der Waals surface area contributed by atoms with Crippen molar-refractivity contribution in [1.29, 1.82) is 0 Å². The highest BCUT2D eigenvalue weighted by Crippen LogP contribution is 2.20. The second-order valence-corrected chi connectivity index (χ2v) is 4.39. The SMILES string of the molecule is CSc1ncc2[nH]c(=O)c3ccccc3c2n1. The molecule has 0 radical (unpaired) electrons. The molecule has 0 saturated heterocycles. The van der Waals surface area contributed by atoms with E-state index >= 15 is 0 Å². The lowest BCUT2D eigenvalue weighted by molar-refractivity contribution is 1.00. The summed E-state index contributed by atoms with van der Waals surface area (Å²) in [7, 11) is 0. The van der Waals surface area contributed by atoms with E-state index in [0.29, 0.717) is 16.1 Å². The van der Waals surface area contributed by atoms with Crippen molar-refractivity contribution >= 4 is 33.6 Å². The van der Waals surface area contributed by atoms with Crippen molar-refractivity contribution in [3.8, 4) is 0 Å². The topological polar surface area (TPSA) is 58.6 Å². The summed E-state index contributed by atoms with van der Waals surface area (Å²) in [5.74, 6) is 0. The van der Waals surface area contributed by atoms with Crippen LogP contribution in [0.15, 0.2) is 40.4 Å². The Bertz CT molecular complexity index is 766. The third kappa shape index (κ3) is 1.59. The molecule has 0 aliphatic rings. The number of aromatic nitrogens is 3. The first-order valence-corrected chi connectivity index (χ1v) is 6.34. The molecular weight excluding hydrogens is 234 g/mol. The summed E-state index contributed by atoms with van der Waals surface area (Å²) in [5.41, 5.74) is 1.36. The molecule has 1 N–H and O–H groups in total. The molecule has 2 aromatic heterocycles. The van der Waals surface area contributed by atoms with Crippen molar-refractivity contribution in [3.63, 3.8) is 0 Å². The highest BCUT2D eigenvalue weighted by molar-refractivity contribution is 7.98. The molecule has 3 rings (SSSR count). The second kappa shape index (κ2) is 3.85. The first kappa shape index (κ1) is 10.3. The van der Waals surface area contributed by atoms with Gasteiger partial charge in [-0.3, -0.25) is 4.79 Å². The molecule has 17 heavy (non-hydrogen) atoms. The van der Waals surface area contributed by atoms with E-state index in [1.54, 1.807) is 12.3 Å². The van der Waals surface area contributed by atoms with Crippen LogP contribution < -0.4 is 5.56 Å². The van der Waals surface area contributed by atoms with Gasteiger partial charge in [0, 0.05) is 10.8 Å². The number of nitrogens with one attached hydrogen (secondary N) is 1. The van der Waals surface area contributed by atoms with Gasteiger partial charge >= 0.3 is 0 Å². The maximum absolute atomic E-state index is 11.8. The van der Waals surface area contributed by atoms with E-state index in [9.17, 15) is 4.79 Å². The average molecular weight is 243 g/mol. The van der Waals surface area contributed by atoms with Crippen LogP contribution in [0, 0.1) is 0 Å². The fraction of sp³-hybridized carbons (Fsp3) is 0.0833. The van der Waals surface area contributed by atoms with E-state index in [4.69, 9.17) is 0 Å². The number of rotatable bonds is 1. The lowest BCUT2D eigenvalue weighted by atomic mass is 10.1. The van der Waals surface area contributed by atoms with Crippen molar-refractivity contribution < 1.29 is 0 Å². The molecule has 0 unspecified atom stereocenters. The Balaban J connectivity index is 2.56. The van der Waals surface area contributed by atoms with Gasteiger partial charge in [0.1, 0.15) is 0 Å². The van der Waals surface area contributed by atoms with Crippen LogP contribution in [0.25, 0.3) is 21.8 Å². The first-order chi connectivity index (χ1) is 8.29. The van der Waals surface area contributed by atoms with Gasteiger partial charge in [0.05, 0.1) is 17.2 Å². The van der Waals surface area contributed by atoms with Crippen LogP contribution in [0.4, 0.5) is 0 Å². The van der Waals surface area contributed by atoms with Gasteiger partial charge < -0.3 is 4.98 Å². The summed E-state index contributed by atoms with van der Waals surface area (Å²) < 4.78 is 0. The van der Waals surface area contributed by atoms with Crippen molar-refractivity contribution in [3.05, 3.63) is 40.8 Å². The Kier molecular flexibility index (Phi) is 2.33. The van der Waals surface area contributed by atoms with Crippen LogP contribution in [0.1, 0.15) is 0 Å². The largest absolute Gasteiger partial charge is 0.319 e. The Morgan fingerprint density at radius 1 is 1.24 bits per heavy atom. The number of benzene rings is 1. The summed E-state index contributed by atoms with van der Waals surface area (Å²) in [5, 5.41) is 2.23. The van der Waals surface area contributed by atoms with Crippen LogP contribution in [0.3, 0.4) is 0 Å². The molecule has 4 nitrogen and oxygen atoms in total. The number of thioether (sulfide) groups is 1. The minimum absolute atomic E-state index is 0.103. The summed E-state index contributed by atoms with van der Waals surface area (Å²) in [6, 6.07) is 7.46. The predicted molar refractivity (Wildman–Crippen MR) is 69.4 cm³/mol. The number of aromatic amines is 1. The normalized spacial score (nSPS) is 11.1. The molecule has 1 aromatic carbocycles. The molecule has 5 heteroatoms. The van der Waals surface area contributed by atoms with E-state index in [2.05, 4.69) is 15.0 Å². The van der Waals surface area contributed by atoms with E-state index in [-0.39, 0.29) is 5.56 Å². The van der Waals surface area contributed by atoms with Gasteiger partial charge in [-0.05, 0) is 12.3 Å². The quantitative estimate of drug-likeness (QED) is 0.404. The van der Waals surface area contributed by atoms with Crippen LogP contribution in [0.5, 0.6) is 0 Å². The van der Waals surface area contributed by atoms with Gasteiger partial charge in [0.25, 0.3) is 5.56 Å². The maximum atomic E-state index is 11.8. The zero-order valence-electron chi connectivity index (χ0n) is 9.10. The number of H-pyrrole nitrogens is 1. The molecule has 0 aliphatic carbocycles. The number of fused-ring (bicyclic) bond motifs is 3. The van der Waals surface area contributed by atoms with Gasteiger partial charge in [-0.2, -0.15) is 0 Å². The monoisotopic (exact) mass is 243 g/mol. The smallest absolute Gasteiger partial charge is 0.256 e. The predicted octanol–water partition coefficient (Wildman–Crippen LogP) is 2.19. The summed E-state index contributed by atoms with van der Waals surface area (Å²) in [6.45, 7) is 0. The van der Waals surface area contributed by atoms with E-state index in [1.165, 1.54) is 11.8 Å². The Morgan fingerprint density at radius 3 is 2.76 bits per heavy atom. The molecular formula is C12H9N3OS. The minimum atomic E-state index is -0.103. The van der Waals surface area contributed by atoms with Gasteiger partial charge in [-0.25, -0.2) is 9.97 Å². The Hall–Kier alpha value is -1.88. The Labute approximate surface area is 101 Å². The number of pyridine rings is 1. The average Bonchev–Trinajstić information content (AvgIpc) is 2.39. The molecule has 0 amide bonds. The lowest BCUT2D eigenvalue weighted by Gasteiger charge is -2.03. The van der Waals surface area contributed by atoms with Crippen LogP contribution in [-0.2, 0) is 0 Å². The standard InChI is InChI=1S/C12H9N3OS/c1-17-12-13-6-9-10(15-12)7-4-2-3-5-8(7)11(16)14-9/h2-6H,1H3,(H,14,16). The van der Waals surface area contributed by atoms with Crippen molar-refractivity contribution in [2.45, 2.75) is 5.16 Å². The van der Waals surface area contributed by atoms with Gasteiger partial charge in [0.2, 0.25) is 0 Å². The van der Waals surface area contributed by atoms with Gasteiger partial charge in [-0.15, -0.1) is 0 Å². The summed E-state index contributed by atoms with van der Waals surface area (Å²) in [6.07, 6.45) is 3.58. The maximum Gasteiger partial charge on any atom is 0.256 e. The fourth-order valence-electron chi connectivity index (χ4n) is 1.84. The van der Waals surface area contributed by atoms with Crippen molar-refractivity contribution in [1.82, 2.24) is 15.0 Å². The molecule has 0 saturated carbocycles. The third-order valence-electron chi connectivity index (χ3n) is 2.62. The van der Waals surface area contributed by atoms with E-state index < -0.39 is 0 Å². The van der Waals surface area contributed by atoms with E-state index in [1.807, 2.05) is 24.5 Å². The summed E-state index contributed by atoms with van der Waals surface area (Å²) in [4.78, 5) is 23.2. The molecule has 0 atom stereocenters. The molecule has 2 heterocycles. The number of hydrogen-bond acceptors (Lipinski definition) is 4. The highest BCUT2D eigenvalue weighted by Gasteiger charge is 2.06. The molecule has 84 valence electrons. The van der Waals surface area contributed by atoms with E-state index in [0.717, 1.165) is 10.9 Å². The molecule has 0 spiro atoms. The first-order valence-electron chi connectivity index (χ1n) is 5.11. The summed E-state index contributed by atoms with van der Waals surface area (Å²) >= 11 is 1.48. The fourth-order valence-corrected chi connectivity index (χ4v) is 2.18. The van der Waals surface area contributed by atoms with Crippen molar-refractivity contribution in [2.75, 3.05) is 6.26 Å². The third-order valence-corrected chi connectivity index (χ3v) is 3.19. The second-order valence-electron chi connectivity index (χ2n) is 3.62. The number of hydrogen-bond donors (Lipinski definition) is 1.